The molecule has 2 aliphatic heterocycles. The van der Waals surface area contributed by atoms with E-state index in [-0.39, 0.29) is 35.7 Å². The van der Waals surface area contributed by atoms with Gasteiger partial charge in [-0.15, -0.1) is 0 Å². The van der Waals surface area contributed by atoms with Crippen LogP contribution in [0.1, 0.15) is 90.2 Å². The molecule has 2 aromatic heterocycles. The summed E-state index contributed by atoms with van der Waals surface area (Å²) in [5.41, 5.74) is 3.56. The predicted molar refractivity (Wildman–Crippen MR) is 177 cm³/mol. The first-order chi connectivity index (χ1) is 21.6. The van der Waals surface area contributed by atoms with Crippen LogP contribution in [0, 0.1) is 35.5 Å². The van der Waals surface area contributed by atoms with Gasteiger partial charge in [-0.25, -0.2) is 15.0 Å². The number of hydrogen-bond donors (Lipinski definition) is 2. The van der Waals surface area contributed by atoms with E-state index < -0.39 is 0 Å². The summed E-state index contributed by atoms with van der Waals surface area (Å²) in [6, 6.07) is 8.21. The van der Waals surface area contributed by atoms with Crippen molar-refractivity contribution in [2.45, 2.75) is 79.3 Å². The van der Waals surface area contributed by atoms with E-state index in [9.17, 15) is 9.59 Å². The van der Waals surface area contributed by atoms with Crippen LogP contribution in [0.5, 0.6) is 0 Å². The quantitative estimate of drug-likeness (QED) is 0.292. The van der Waals surface area contributed by atoms with Crippen LogP contribution < -0.4 is 5.32 Å². The summed E-state index contributed by atoms with van der Waals surface area (Å²) in [4.78, 5) is 47.0. The zero-order valence-corrected chi connectivity index (χ0v) is 27.5. The minimum atomic E-state index is -0.000609. The average molecular weight is 610 g/mol. The molecule has 0 unspecified atom stereocenters. The molecule has 2 aliphatic rings. The molecule has 45 heavy (non-hydrogen) atoms. The fourth-order valence-corrected chi connectivity index (χ4v) is 5.97. The third kappa shape index (κ3) is 7.55. The summed E-state index contributed by atoms with van der Waals surface area (Å²) < 4.78 is 0. The van der Waals surface area contributed by atoms with Crippen LogP contribution in [0.3, 0.4) is 0 Å². The lowest BCUT2D eigenvalue weighted by atomic mass is 9.96. The fourth-order valence-electron chi connectivity index (χ4n) is 5.97. The van der Waals surface area contributed by atoms with E-state index in [1.165, 1.54) is 0 Å². The molecule has 4 atom stereocenters. The Morgan fingerprint density at radius 2 is 1.42 bits per heavy atom. The lowest BCUT2D eigenvalue weighted by molar-refractivity contribution is -0.138. The number of likely N-dealkylation sites (tertiary alicyclic amines) is 2. The number of anilines is 1. The van der Waals surface area contributed by atoms with Gasteiger partial charge in [-0.05, 0) is 55.2 Å². The van der Waals surface area contributed by atoms with Gasteiger partial charge in [-0.3, -0.25) is 9.59 Å². The van der Waals surface area contributed by atoms with Crippen molar-refractivity contribution in [2.75, 3.05) is 25.0 Å². The van der Waals surface area contributed by atoms with Crippen LogP contribution in [0.25, 0.3) is 11.3 Å². The Labute approximate surface area is 267 Å². The Morgan fingerprint density at radius 1 is 0.822 bits per heavy atom. The lowest BCUT2D eigenvalue weighted by Crippen LogP contribution is -2.43. The highest BCUT2D eigenvalue weighted by atomic mass is 16.2. The van der Waals surface area contributed by atoms with Gasteiger partial charge in [0.15, 0.2) is 0 Å². The first kappa shape index (κ1) is 32.2. The van der Waals surface area contributed by atoms with Gasteiger partial charge in [0.25, 0.3) is 0 Å². The molecule has 4 heterocycles. The van der Waals surface area contributed by atoms with Crippen LogP contribution in [-0.2, 0) is 9.59 Å². The largest absolute Gasteiger partial charge is 0.352 e. The Bertz CT molecular complexity index is 1520. The van der Waals surface area contributed by atoms with Crippen molar-refractivity contribution in [3.05, 3.63) is 59.8 Å². The number of carbonyl (C=O) groups excluding carboxylic acids is 2. The van der Waals surface area contributed by atoms with Gasteiger partial charge in [0.1, 0.15) is 5.82 Å². The molecule has 9 nitrogen and oxygen atoms in total. The Kier molecular flexibility index (Phi) is 10.2. The maximum Gasteiger partial charge on any atom is 0.226 e. The molecule has 0 spiro atoms. The smallest absolute Gasteiger partial charge is 0.226 e. The number of nitrogens with zero attached hydrogens (tertiary/aromatic N) is 5. The van der Waals surface area contributed by atoms with Crippen molar-refractivity contribution in [3.63, 3.8) is 0 Å². The monoisotopic (exact) mass is 609 g/mol. The molecule has 1 aromatic carbocycles. The van der Waals surface area contributed by atoms with E-state index in [4.69, 9.17) is 0 Å². The molecule has 0 saturated carbocycles. The second kappa shape index (κ2) is 14.3. The van der Waals surface area contributed by atoms with E-state index >= 15 is 0 Å². The van der Waals surface area contributed by atoms with E-state index in [2.05, 4.69) is 64.8 Å². The molecule has 0 bridgehead atoms. The third-order valence-electron chi connectivity index (χ3n) is 9.58. The van der Waals surface area contributed by atoms with Crippen LogP contribution >= 0.6 is 0 Å². The van der Waals surface area contributed by atoms with Crippen LogP contribution in [0.2, 0.25) is 0 Å². The normalized spacial score (nSPS) is 19.5. The minimum absolute atomic E-state index is 0.000609. The predicted octanol–water partition coefficient (Wildman–Crippen LogP) is 5.92. The zero-order valence-electron chi connectivity index (χ0n) is 27.5. The van der Waals surface area contributed by atoms with Crippen LogP contribution in [0.15, 0.2) is 42.9 Å². The van der Waals surface area contributed by atoms with Gasteiger partial charge in [0, 0.05) is 55.5 Å². The maximum atomic E-state index is 13.1. The molecule has 3 aromatic rings. The lowest BCUT2D eigenvalue weighted by Gasteiger charge is -2.29. The Morgan fingerprint density at radius 3 is 2.09 bits per heavy atom. The van der Waals surface area contributed by atoms with Gasteiger partial charge in [-0.1, -0.05) is 65.5 Å². The van der Waals surface area contributed by atoms with Crippen molar-refractivity contribution >= 4 is 17.8 Å². The number of amides is 2. The number of nitrogens with one attached hydrogen (secondary N) is 2. The standard InChI is InChI=1S/C36H47N7O2/c1-23(2)25(5)34(44)42-17-7-9-30(42)21-40-36-38-19-28(20-39-36)12-11-27-13-15-29(16-14-27)31-22-37-33(41-31)32-10-8-18-43(32)35(45)26(6)24(3)4/h13-16,19-20,22-26,30,32H,7-10,17-18,21H2,1-6H3,(H,37,41)(H,38,39,40)/t25-,26-,30-,32-/m0/s1. The van der Waals surface area contributed by atoms with Crippen LogP contribution in [0.4, 0.5) is 5.95 Å². The van der Waals surface area contributed by atoms with Gasteiger partial charge in [-0.2, -0.15) is 0 Å². The number of aromatic nitrogens is 4. The second-order valence-corrected chi connectivity index (χ2v) is 13.3. The number of benzene rings is 1. The molecule has 2 amide bonds. The molecule has 5 rings (SSSR count). The number of imidazole rings is 1. The van der Waals surface area contributed by atoms with Gasteiger partial charge in [0.2, 0.25) is 17.8 Å². The number of aromatic amines is 1. The number of carbonyl (C=O) groups is 2. The summed E-state index contributed by atoms with van der Waals surface area (Å²) in [6.07, 6.45) is 9.24. The zero-order chi connectivity index (χ0) is 32.1. The van der Waals surface area contributed by atoms with E-state index in [1.54, 1.807) is 12.4 Å². The second-order valence-electron chi connectivity index (χ2n) is 13.3. The fraction of sp³-hybridized carbons (Fsp3) is 0.528. The number of hydrogen-bond acceptors (Lipinski definition) is 6. The molecule has 0 radical (unpaired) electrons. The van der Waals surface area contributed by atoms with Gasteiger partial charge in [0.05, 0.1) is 23.5 Å². The third-order valence-corrected chi connectivity index (χ3v) is 9.58. The SMILES string of the molecule is CC(C)[C@H](C)C(=O)N1CCC[C@H]1CNc1ncc(C#Cc2ccc(-c3cnc([C@@H]4CCCN4C(=O)[C@@H](C)C(C)C)[nH]3)cc2)cn1. The van der Waals surface area contributed by atoms with Gasteiger partial charge < -0.3 is 20.1 Å². The highest BCUT2D eigenvalue weighted by molar-refractivity contribution is 5.80. The van der Waals surface area contributed by atoms with Crippen molar-refractivity contribution in [1.82, 2.24) is 29.7 Å². The molecular formula is C36H47N7O2. The molecule has 2 N–H and O–H groups in total. The van der Waals surface area contributed by atoms with Crippen molar-refractivity contribution in [3.8, 4) is 23.1 Å². The van der Waals surface area contributed by atoms with Crippen LogP contribution in [-0.4, -0.2) is 67.2 Å². The number of rotatable bonds is 9. The highest BCUT2D eigenvalue weighted by Gasteiger charge is 2.35. The van der Waals surface area contributed by atoms with Crippen molar-refractivity contribution < 1.29 is 9.59 Å². The first-order valence-electron chi connectivity index (χ1n) is 16.5. The topological polar surface area (TPSA) is 107 Å². The van der Waals surface area contributed by atoms with E-state index in [1.807, 2.05) is 54.1 Å². The average Bonchev–Trinajstić information content (AvgIpc) is 3.83. The van der Waals surface area contributed by atoms with E-state index in [0.29, 0.717) is 24.3 Å². The first-order valence-corrected chi connectivity index (χ1v) is 16.5. The van der Waals surface area contributed by atoms with Crippen molar-refractivity contribution in [1.29, 1.82) is 0 Å². The molecule has 2 fully saturated rings. The highest BCUT2D eigenvalue weighted by Crippen LogP contribution is 2.33. The maximum absolute atomic E-state index is 13.1. The number of H-pyrrole nitrogens is 1. The van der Waals surface area contributed by atoms with E-state index in [0.717, 1.165) is 67.0 Å². The molecular weight excluding hydrogens is 562 g/mol. The summed E-state index contributed by atoms with van der Waals surface area (Å²) in [7, 11) is 0. The minimum Gasteiger partial charge on any atom is -0.352 e. The Hall–Kier alpha value is -4.19. The van der Waals surface area contributed by atoms with Gasteiger partial charge >= 0.3 is 0 Å². The molecule has 9 heteroatoms. The summed E-state index contributed by atoms with van der Waals surface area (Å²) in [6.45, 7) is 14.7. The summed E-state index contributed by atoms with van der Waals surface area (Å²) >= 11 is 0. The molecule has 2 saturated heterocycles. The molecule has 0 aliphatic carbocycles. The summed E-state index contributed by atoms with van der Waals surface area (Å²) in [5, 5.41) is 3.31. The summed E-state index contributed by atoms with van der Waals surface area (Å²) in [5.74, 6) is 8.86. The Balaban J connectivity index is 1.16. The van der Waals surface area contributed by atoms with Crippen molar-refractivity contribution in [2.24, 2.45) is 23.7 Å². The molecule has 238 valence electrons.